The first kappa shape index (κ1) is 17.1. The minimum atomic E-state index is -3.07. The first-order chi connectivity index (χ1) is 12.5. The Hall–Kier alpha value is -2.34. The molecule has 0 aliphatic carbocycles. The van der Waals surface area contributed by atoms with Crippen LogP contribution in [0.1, 0.15) is 12.0 Å². The topological polar surface area (TPSA) is 57.7 Å². The number of benzene rings is 2. The molecule has 0 aromatic heterocycles. The molecule has 1 unspecified atom stereocenters. The van der Waals surface area contributed by atoms with Crippen LogP contribution >= 0.6 is 0 Å². The molecule has 2 aromatic carbocycles. The van der Waals surface area contributed by atoms with E-state index in [0.29, 0.717) is 13.0 Å². The van der Waals surface area contributed by atoms with Crippen LogP contribution in [0, 0.1) is 5.92 Å². The van der Waals surface area contributed by atoms with Crippen molar-refractivity contribution in [2.75, 3.05) is 34.4 Å². The van der Waals surface area contributed by atoms with Gasteiger partial charge < -0.3 is 9.80 Å². The highest BCUT2D eigenvalue weighted by Gasteiger charge is 2.37. The maximum Gasteiger partial charge on any atom is 0.231 e. The second-order valence-electron chi connectivity index (χ2n) is 6.99. The molecule has 2 heterocycles. The average Bonchev–Trinajstić information content (AvgIpc) is 3.02. The van der Waals surface area contributed by atoms with Crippen LogP contribution in [-0.2, 0) is 21.2 Å². The lowest BCUT2D eigenvalue weighted by molar-refractivity contribution is -0.121. The largest absolute Gasteiger partial charge is 0.364 e. The molecule has 2 aromatic rings. The Morgan fingerprint density at radius 3 is 2.35 bits per heavy atom. The lowest BCUT2D eigenvalue weighted by Crippen LogP contribution is -2.46. The summed E-state index contributed by atoms with van der Waals surface area (Å²) in [6, 6.07) is 18.2. The van der Waals surface area contributed by atoms with E-state index in [1.54, 1.807) is 4.90 Å². The summed E-state index contributed by atoms with van der Waals surface area (Å²) < 4.78 is 23.5. The van der Waals surface area contributed by atoms with Gasteiger partial charge in [0.2, 0.25) is 5.91 Å². The van der Waals surface area contributed by atoms with Crippen molar-refractivity contribution in [2.24, 2.45) is 5.92 Å². The molecule has 1 fully saturated rings. The van der Waals surface area contributed by atoms with Crippen LogP contribution in [0.4, 0.5) is 11.4 Å². The normalized spacial score (nSPS) is 21.5. The second-order valence-corrected chi connectivity index (χ2v) is 9.21. The average molecular weight is 370 g/mol. The highest BCUT2D eigenvalue weighted by atomic mass is 32.2. The molecular weight excluding hydrogens is 348 g/mol. The Kier molecular flexibility index (Phi) is 4.44. The first-order valence-corrected chi connectivity index (χ1v) is 10.8. The lowest BCUT2D eigenvalue weighted by atomic mass is 10.0. The summed E-state index contributed by atoms with van der Waals surface area (Å²) in [5.41, 5.74) is 3.13. The van der Waals surface area contributed by atoms with Gasteiger partial charge in [-0.05, 0) is 24.1 Å². The zero-order valence-corrected chi connectivity index (χ0v) is 15.4. The Balaban J connectivity index is 1.59. The minimum absolute atomic E-state index is 0.0156. The number of para-hydroxylation sites is 2. The van der Waals surface area contributed by atoms with Gasteiger partial charge in [0, 0.05) is 19.6 Å². The SMILES string of the molecule is O=C(C1CCS(=O)(=O)C1)N1CCN(Cc2ccccc2)c2ccccc21. The fraction of sp³-hybridized carbons (Fsp3) is 0.350. The maximum absolute atomic E-state index is 13.0. The molecule has 136 valence electrons. The summed E-state index contributed by atoms with van der Waals surface area (Å²) in [5, 5.41) is 0. The van der Waals surface area contributed by atoms with Gasteiger partial charge in [-0.25, -0.2) is 8.42 Å². The van der Waals surface area contributed by atoms with Crippen molar-refractivity contribution < 1.29 is 13.2 Å². The lowest BCUT2D eigenvalue weighted by Gasteiger charge is -2.38. The molecule has 0 radical (unpaired) electrons. The maximum atomic E-state index is 13.0. The van der Waals surface area contributed by atoms with E-state index in [9.17, 15) is 13.2 Å². The number of hydrogen-bond acceptors (Lipinski definition) is 4. The van der Waals surface area contributed by atoms with Crippen molar-refractivity contribution in [3.63, 3.8) is 0 Å². The van der Waals surface area contributed by atoms with Gasteiger partial charge in [-0.1, -0.05) is 42.5 Å². The standard InChI is InChI=1S/C20H22N2O3S/c23-20(17-10-13-26(24,25)15-17)22-12-11-21(14-16-6-2-1-3-7-16)18-8-4-5-9-19(18)22/h1-9,17H,10-15H2. The number of carbonyl (C=O) groups excluding carboxylic acids is 1. The summed E-state index contributed by atoms with van der Waals surface area (Å²) in [5.74, 6) is -0.358. The van der Waals surface area contributed by atoms with Gasteiger partial charge in [0.1, 0.15) is 0 Å². The number of amides is 1. The number of hydrogen-bond donors (Lipinski definition) is 0. The predicted molar refractivity (Wildman–Crippen MR) is 103 cm³/mol. The third-order valence-electron chi connectivity index (χ3n) is 5.17. The fourth-order valence-corrected chi connectivity index (χ4v) is 5.56. The summed E-state index contributed by atoms with van der Waals surface area (Å²) in [4.78, 5) is 17.0. The third-order valence-corrected chi connectivity index (χ3v) is 6.94. The molecule has 0 saturated carbocycles. The quantitative estimate of drug-likeness (QED) is 0.833. The second kappa shape index (κ2) is 6.76. The van der Waals surface area contributed by atoms with Crippen molar-refractivity contribution in [3.8, 4) is 0 Å². The van der Waals surface area contributed by atoms with Crippen LogP contribution in [-0.4, -0.2) is 38.9 Å². The Morgan fingerprint density at radius 1 is 0.962 bits per heavy atom. The van der Waals surface area contributed by atoms with E-state index < -0.39 is 15.8 Å². The number of rotatable bonds is 3. The minimum Gasteiger partial charge on any atom is -0.364 e. The van der Waals surface area contributed by atoms with E-state index in [1.165, 1.54) is 5.56 Å². The third kappa shape index (κ3) is 3.33. The molecular formula is C20H22N2O3S. The number of sulfone groups is 1. The van der Waals surface area contributed by atoms with Crippen molar-refractivity contribution in [1.29, 1.82) is 0 Å². The molecule has 2 aliphatic heterocycles. The molecule has 2 aliphatic rings. The Morgan fingerprint density at radius 2 is 1.65 bits per heavy atom. The molecule has 0 bridgehead atoms. The van der Waals surface area contributed by atoms with Gasteiger partial charge in [0.15, 0.2) is 9.84 Å². The molecule has 1 amide bonds. The Labute approximate surface area is 154 Å². The van der Waals surface area contributed by atoms with E-state index in [2.05, 4.69) is 17.0 Å². The molecule has 4 rings (SSSR count). The molecule has 0 spiro atoms. The van der Waals surface area contributed by atoms with E-state index in [0.717, 1.165) is 24.5 Å². The van der Waals surface area contributed by atoms with Crippen LogP contribution in [0.3, 0.4) is 0 Å². The highest BCUT2D eigenvalue weighted by Crippen LogP contribution is 2.35. The highest BCUT2D eigenvalue weighted by molar-refractivity contribution is 7.91. The van der Waals surface area contributed by atoms with Gasteiger partial charge >= 0.3 is 0 Å². The zero-order valence-electron chi connectivity index (χ0n) is 14.5. The van der Waals surface area contributed by atoms with Crippen LogP contribution < -0.4 is 9.80 Å². The van der Waals surface area contributed by atoms with Gasteiger partial charge in [0.05, 0.1) is 28.8 Å². The van der Waals surface area contributed by atoms with Crippen LogP contribution in [0.25, 0.3) is 0 Å². The summed E-state index contributed by atoms with van der Waals surface area (Å²) in [6.07, 6.45) is 0.438. The van der Waals surface area contributed by atoms with Crippen molar-refractivity contribution in [2.45, 2.75) is 13.0 Å². The van der Waals surface area contributed by atoms with Gasteiger partial charge in [-0.15, -0.1) is 0 Å². The Bertz CT molecular complexity index is 912. The van der Waals surface area contributed by atoms with Crippen LogP contribution in [0.5, 0.6) is 0 Å². The van der Waals surface area contributed by atoms with E-state index in [1.807, 2.05) is 42.5 Å². The fourth-order valence-electron chi connectivity index (χ4n) is 3.83. The predicted octanol–water partition coefficient (Wildman–Crippen LogP) is 2.47. The van der Waals surface area contributed by atoms with Crippen molar-refractivity contribution in [3.05, 3.63) is 60.2 Å². The number of anilines is 2. The van der Waals surface area contributed by atoms with E-state index >= 15 is 0 Å². The van der Waals surface area contributed by atoms with Gasteiger partial charge in [-0.2, -0.15) is 0 Å². The summed E-state index contributed by atoms with van der Waals surface area (Å²) in [6.45, 7) is 2.11. The molecule has 1 atom stereocenters. The van der Waals surface area contributed by atoms with Gasteiger partial charge in [-0.3, -0.25) is 4.79 Å². The smallest absolute Gasteiger partial charge is 0.231 e. The summed E-state index contributed by atoms with van der Waals surface area (Å²) >= 11 is 0. The monoisotopic (exact) mass is 370 g/mol. The zero-order chi connectivity index (χ0) is 18.1. The van der Waals surface area contributed by atoms with Crippen molar-refractivity contribution in [1.82, 2.24) is 0 Å². The molecule has 6 heteroatoms. The molecule has 26 heavy (non-hydrogen) atoms. The molecule has 1 saturated heterocycles. The van der Waals surface area contributed by atoms with Crippen molar-refractivity contribution >= 4 is 27.1 Å². The number of nitrogens with zero attached hydrogens (tertiary/aromatic N) is 2. The number of fused-ring (bicyclic) bond motifs is 1. The van der Waals surface area contributed by atoms with Gasteiger partial charge in [0.25, 0.3) is 0 Å². The van der Waals surface area contributed by atoms with E-state index in [4.69, 9.17) is 0 Å². The molecule has 5 nitrogen and oxygen atoms in total. The van der Waals surface area contributed by atoms with E-state index in [-0.39, 0.29) is 17.4 Å². The van der Waals surface area contributed by atoms with Crippen LogP contribution in [0.2, 0.25) is 0 Å². The van der Waals surface area contributed by atoms with Crippen LogP contribution in [0.15, 0.2) is 54.6 Å². The number of carbonyl (C=O) groups is 1. The molecule has 0 N–H and O–H groups in total. The summed E-state index contributed by atoms with van der Waals surface area (Å²) in [7, 11) is -3.07. The first-order valence-electron chi connectivity index (χ1n) is 8.93.